The number of amides is 1. The fourth-order valence-corrected chi connectivity index (χ4v) is 2.06. The van der Waals surface area contributed by atoms with Crippen LogP contribution >= 0.6 is 0 Å². The highest BCUT2D eigenvalue weighted by Crippen LogP contribution is 2.32. The summed E-state index contributed by atoms with van der Waals surface area (Å²) in [6, 6.07) is 4.14. The molecule has 1 aromatic carbocycles. The molecule has 1 unspecified atom stereocenters. The molecule has 0 heterocycles. The van der Waals surface area contributed by atoms with Crippen molar-refractivity contribution in [3.63, 3.8) is 0 Å². The van der Waals surface area contributed by atoms with Crippen molar-refractivity contribution in [2.24, 2.45) is 17.5 Å². The van der Waals surface area contributed by atoms with E-state index in [0.29, 0.717) is 5.56 Å². The van der Waals surface area contributed by atoms with E-state index in [1.165, 1.54) is 38.1 Å². The Labute approximate surface area is 186 Å². The molecule has 1 aromatic rings. The molecule has 1 rings (SSSR count). The number of benzene rings is 1. The number of nitrogens with two attached hydrogens (primary N) is 3. The zero-order chi connectivity index (χ0) is 25.6. The maximum Gasteiger partial charge on any atom is 0.394 e. The van der Waals surface area contributed by atoms with Gasteiger partial charge in [-0.05, 0) is 45.0 Å². The van der Waals surface area contributed by atoms with Crippen LogP contribution in [0.5, 0.6) is 0 Å². The first-order chi connectivity index (χ1) is 14.7. The minimum Gasteiger partial charge on any atom is -0.398 e. The maximum atomic E-state index is 12.8. The number of hydrogen-bond donors (Lipinski definition) is 3. The van der Waals surface area contributed by atoms with Gasteiger partial charge >= 0.3 is 6.18 Å². The Bertz CT molecular complexity index is 813. The molecule has 0 aliphatic heterocycles. The summed E-state index contributed by atoms with van der Waals surface area (Å²) in [5.41, 5.74) is 11.7. The predicted molar refractivity (Wildman–Crippen MR) is 120 cm³/mol. The molecule has 5 nitrogen and oxygen atoms in total. The Hall–Kier alpha value is -2.88. The highest BCUT2D eigenvalue weighted by Gasteiger charge is 2.35. The number of nitrogens with zero attached hydrogens (tertiary/aromatic N) is 1. The Morgan fingerprint density at radius 1 is 1.22 bits per heavy atom. The quantitative estimate of drug-likeness (QED) is 0.161. The van der Waals surface area contributed by atoms with Gasteiger partial charge in [-0.25, -0.2) is 14.6 Å². The third-order valence-corrected chi connectivity index (χ3v) is 3.80. The summed E-state index contributed by atoms with van der Waals surface area (Å²) >= 11 is 0. The van der Waals surface area contributed by atoms with Crippen molar-refractivity contribution < 1.29 is 26.7 Å². The minimum absolute atomic E-state index is 0.126. The molecule has 1 amide bonds. The van der Waals surface area contributed by atoms with E-state index in [0.717, 1.165) is 24.1 Å². The molecule has 0 aliphatic rings. The van der Waals surface area contributed by atoms with Gasteiger partial charge in [0.1, 0.15) is 5.83 Å². The first kappa shape index (κ1) is 31.3. The number of hydrazine groups is 1. The van der Waals surface area contributed by atoms with Crippen molar-refractivity contribution in [2.75, 3.05) is 12.3 Å². The average molecular weight is 465 g/mol. The normalized spacial score (nSPS) is 13.3. The molecule has 0 fully saturated rings. The number of anilines is 1. The standard InChI is InChI=1S/C14H19F3N4O.C6H8F2.C2H6/c1-3-21(20)12(6-8(2)14(15,16)17)10-5-4-9(13(19)22)7-11(10)18;1-3-6(8)4-5(2)7;1-2/h4-8H,3,18,20H2,1-2H3,(H2,19,22);3-4H,1-2H3;1-2H3/b12-6-;5-4+,6-3+;. The maximum absolute atomic E-state index is 12.8. The van der Waals surface area contributed by atoms with Gasteiger partial charge in [0.25, 0.3) is 0 Å². The van der Waals surface area contributed by atoms with Crippen LogP contribution in [0.15, 0.2) is 48.1 Å². The first-order valence-electron chi connectivity index (χ1n) is 9.90. The molecule has 0 spiro atoms. The summed E-state index contributed by atoms with van der Waals surface area (Å²) in [6.45, 7) is 9.71. The van der Waals surface area contributed by atoms with Crippen LogP contribution in [0.1, 0.15) is 57.5 Å². The van der Waals surface area contributed by atoms with E-state index in [-0.39, 0.29) is 23.5 Å². The van der Waals surface area contributed by atoms with E-state index < -0.39 is 29.7 Å². The number of rotatable bonds is 6. The van der Waals surface area contributed by atoms with Gasteiger partial charge < -0.3 is 16.5 Å². The monoisotopic (exact) mass is 464 g/mol. The molecule has 32 heavy (non-hydrogen) atoms. The van der Waals surface area contributed by atoms with Crippen molar-refractivity contribution in [2.45, 2.75) is 47.7 Å². The van der Waals surface area contributed by atoms with Crippen LogP contribution in [0.2, 0.25) is 0 Å². The summed E-state index contributed by atoms with van der Waals surface area (Å²) in [7, 11) is 0. The van der Waals surface area contributed by atoms with Gasteiger partial charge in [0.05, 0.1) is 17.4 Å². The Morgan fingerprint density at radius 2 is 1.75 bits per heavy atom. The molecular formula is C22H33F5N4O. The lowest BCUT2D eigenvalue weighted by molar-refractivity contribution is -0.156. The molecule has 6 N–H and O–H groups in total. The SMILES string of the molecule is C/C=C(F)\C=C(/C)F.CC.CCN(N)/C(=C\C(C)C(F)(F)F)c1ccc(C(N)=O)cc1N. The first-order valence-corrected chi connectivity index (χ1v) is 9.90. The van der Waals surface area contributed by atoms with Crippen molar-refractivity contribution in [3.05, 3.63) is 59.2 Å². The summed E-state index contributed by atoms with van der Waals surface area (Å²) < 4.78 is 61.9. The number of allylic oxidation sites excluding steroid dienone is 5. The van der Waals surface area contributed by atoms with Crippen molar-refractivity contribution in [1.82, 2.24) is 5.01 Å². The Kier molecular flexibility index (Phi) is 14.7. The molecule has 10 heteroatoms. The lowest BCUT2D eigenvalue weighted by Gasteiger charge is -2.24. The van der Waals surface area contributed by atoms with Gasteiger partial charge in [0.15, 0.2) is 0 Å². The highest BCUT2D eigenvalue weighted by atomic mass is 19.4. The second-order valence-electron chi connectivity index (χ2n) is 6.24. The average Bonchev–Trinajstić information content (AvgIpc) is 2.72. The molecule has 0 radical (unpaired) electrons. The van der Waals surface area contributed by atoms with Crippen LogP contribution < -0.4 is 17.3 Å². The van der Waals surface area contributed by atoms with Crippen LogP contribution in [0, 0.1) is 5.92 Å². The second kappa shape index (κ2) is 15.0. The van der Waals surface area contributed by atoms with Crippen LogP contribution in [-0.2, 0) is 0 Å². The van der Waals surface area contributed by atoms with E-state index >= 15 is 0 Å². The molecule has 0 saturated heterocycles. The van der Waals surface area contributed by atoms with Crippen molar-refractivity contribution >= 4 is 17.3 Å². The second-order valence-corrected chi connectivity index (χ2v) is 6.24. The summed E-state index contributed by atoms with van der Waals surface area (Å²) in [5, 5.41) is 1.16. The number of carbonyl (C=O) groups is 1. The van der Waals surface area contributed by atoms with Gasteiger partial charge in [-0.1, -0.05) is 26.8 Å². The van der Waals surface area contributed by atoms with Gasteiger partial charge in [0, 0.05) is 29.4 Å². The summed E-state index contributed by atoms with van der Waals surface area (Å²) in [6.07, 6.45) is -1.36. The zero-order valence-electron chi connectivity index (χ0n) is 19.2. The van der Waals surface area contributed by atoms with E-state index in [9.17, 15) is 26.7 Å². The lowest BCUT2D eigenvalue weighted by Crippen LogP contribution is -2.31. The number of primary amides is 1. The van der Waals surface area contributed by atoms with Crippen molar-refractivity contribution in [1.29, 1.82) is 0 Å². The molecule has 0 bridgehead atoms. The third kappa shape index (κ3) is 11.5. The van der Waals surface area contributed by atoms with Gasteiger partial charge in [-0.3, -0.25) is 4.79 Å². The van der Waals surface area contributed by atoms with Gasteiger partial charge in [0.2, 0.25) is 5.91 Å². The van der Waals surface area contributed by atoms with Gasteiger partial charge in [-0.2, -0.15) is 13.2 Å². The minimum atomic E-state index is -4.39. The molecule has 0 aromatic heterocycles. The number of hydrogen-bond acceptors (Lipinski definition) is 4. The number of nitrogen functional groups attached to an aromatic ring is 1. The molecular weight excluding hydrogens is 431 g/mol. The number of alkyl halides is 3. The fourth-order valence-electron chi connectivity index (χ4n) is 2.06. The number of carbonyl (C=O) groups excluding carboxylic acids is 1. The van der Waals surface area contributed by atoms with E-state index in [2.05, 4.69) is 0 Å². The van der Waals surface area contributed by atoms with Crippen LogP contribution in [0.25, 0.3) is 5.70 Å². The van der Waals surface area contributed by atoms with E-state index in [1.54, 1.807) is 6.92 Å². The van der Waals surface area contributed by atoms with Crippen molar-refractivity contribution in [3.8, 4) is 0 Å². The largest absolute Gasteiger partial charge is 0.398 e. The Balaban J connectivity index is 0. The zero-order valence-corrected chi connectivity index (χ0v) is 19.2. The highest BCUT2D eigenvalue weighted by molar-refractivity contribution is 5.94. The molecule has 182 valence electrons. The molecule has 1 atom stereocenters. The van der Waals surface area contributed by atoms with E-state index in [4.69, 9.17) is 17.3 Å². The Morgan fingerprint density at radius 3 is 2.06 bits per heavy atom. The lowest BCUT2D eigenvalue weighted by atomic mass is 10.0. The topological polar surface area (TPSA) is 98.4 Å². The van der Waals surface area contributed by atoms with Crippen LogP contribution in [0.3, 0.4) is 0 Å². The predicted octanol–water partition coefficient (Wildman–Crippen LogP) is 5.86. The summed E-state index contributed by atoms with van der Waals surface area (Å²) in [4.78, 5) is 11.1. The smallest absolute Gasteiger partial charge is 0.394 e. The fraction of sp³-hybridized carbons (Fsp3) is 0.409. The third-order valence-electron chi connectivity index (χ3n) is 3.80. The summed E-state index contributed by atoms with van der Waals surface area (Å²) in [5.74, 6) is 2.34. The van der Waals surface area contributed by atoms with E-state index in [1.807, 2.05) is 13.8 Å². The van der Waals surface area contributed by atoms with Crippen LogP contribution in [0.4, 0.5) is 27.6 Å². The van der Waals surface area contributed by atoms with Crippen LogP contribution in [-0.4, -0.2) is 23.6 Å². The molecule has 0 saturated carbocycles. The number of halogens is 5. The molecule has 0 aliphatic carbocycles. The van der Waals surface area contributed by atoms with Gasteiger partial charge in [-0.15, -0.1) is 0 Å².